The molecule has 0 spiro atoms. The van der Waals surface area contributed by atoms with Crippen LogP contribution < -0.4 is 10.6 Å². The first-order valence-corrected chi connectivity index (χ1v) is 4.41. The van der Waals surface area contributed by atoms with Gasteiger partial charge in [0.2, 0.25) is 11.7 Å². The Morgan fingerprint density at radius 3 is 2.67 bits per heavy atom. The Bertz CT molecular complexity index is 359. The summed E-state index contributed by atoms with van der Waals surface area (Å²) in [6, 6.07) is 2.89. The fourth-order valence-corrected chi connectivity index (χ4v) is 0.972. The molecule has 0 saturated heterocycles. The number of anilines is 1. The molecule has 1 aromatic heterocycles. The van der Waals surface area contributed by atoms with Gasteiger partial charge in [-0.15, -0.1) is 0 Å². The second-order valence-corrected chi connectivity index (χ2v) is 2.88. The minimum atomic E-state index is -1.11. The number of carboxylic acid groups (broad SMARTS) is 1. The Morgan fingerprint density at radius 2 is 2.13 bits per heavy atom. The predicted molar refractivity (Wildman–Crippen MR) is 52.8 cm³/mol. The molecule has 1 aromatic rings. The van der Waals surface area contributed by atoms with Gasteiger partial charge >= 0.3 is 5.97 Å². The van der Waals surface area contributed by atoms with Crippen molar-refractivity contribution in [2.45, 2.75) is 6.92 Å². The van der Waals surface area contributed by atoms with Crippen LogP contribution in [0.2, 0.25) is 0 Å². The summed E-state index contributed by atoms with van der Waals surface area (Å²) in [5.74, 6) is -0.956. The van der Waals surface area contributed by atoms with Crippen LogP contribution in [-0.4, -0.2) is 30.1 Å². The number of carboxylic acids is 1. The van der Waals surface area contributed by atoms with Gasteiger partial charge < -0.3 is 20.2 Å². The standard InChI is InChI=1S/C9H12N2O4/c1-6(12)10-4-5-11-8-3-2-7(15-8)9(13)14/h2-3,11H,4-5H2,1H3,(H,10,12)(H,13,14). The Morgan fingerprint density at radius 1 is 1.40 bits per heavy atom. The molecular weight excluding hydrogens is 200 g/mol. The second-order valence-electron chi connectivity index (χ2n) is 2.88. The number of amides is 1. The van der Waals surface area contributed by atoms with Gasteiger partial charge in [-0.25, -0.2) is 4.79 Å². The molecule has 0 aliphatic heterocycles. The minimum absolute atomic E-state index is 0.109. The molecule has 0 radical (unpaired) electrons. The van der Waals surface area contributed by atoms with Gasteiger partial charge in [-0.05, 0) is 6.07 Å². The van der Waals surface area contributed by atoms with E-state index in [1.807, 2.05) is 0 Å². The van der Waals surface area contributed by atoms with Crippen LogP contribution in [0.1, 0.15) is 17.5 Å². The molecule has 82 valence electrons. The van der Waals surface area contributed by atoms with Crippen molar-refractivity contribution in [3.05, 3.63) is 17.9 Å². The lowest BCUT2D eigenvalue weighted by Gasteiger charge is -2.02. The highest BCUT2D eigenvalue weighted by molar-refractivity contribution is 5.84. The zero-order valence-corrected chi connectivity index (χ0v) is 8.24. The fraction of sp³-hybridized carbons (Fsp3) is 0.333. The number of carbonyl (C=O) groups is 2. The highest BCUT2D eigenvalue weighted by Crippen LogP contribution is 2.12. The lowest BCUT2D eigenvalue weighted by Crippen LogP contribution is -2.26. The van der Waals surface area contributed by atoms with Crippen molar-refractivity contribution >= 4 is 17.8 Å². The Kier molecular flexibility index (Phi) is 3.73. The number of rotatable bonds is 5. The third-order valence-corrected chi connectivity index (χ3v) is 1.61. The molecule has 0 atom stereocenters. The summed E-state index contributed by atoms with van der Waals surface area (Å²) in [4.78, 5) is 21.0. The molecule has 1 heterocycles. The first-order chi connectivity index (χ1) is 7.09. The third-order valence-electron chi connectivity index (χ3n) is 1.61. The summed E-state index contributed by atoms with van der Waals surface area (Å²) < 4.78 is 4.93. The maximum Gasteiger partial charge on any atom is 0.371 e. The van der Waals surface area contributed by atoms with Gasteiger partial charge in [0.1, 0.15) is 0 Å². The Labute approximate surface area is 86.3 Å². The lowest BCUT2D eigenvalue weighted by atomic mass is 10.4. The summed E-state index contributed by atoms with van der Waals surface area (Å²) in [7, 11) is 0. The summed E-state index contributed by atoms with van der Waals surface area (Å²) in [6.45, 7) is 2.36. The number of carbonyl (C=O) groups excluding carboxylic acids is 1. The quantitative estimate of drug-likeness (QED) is 0.619. The largest absolute Gasteiger partial charge is 0.475 e. The lowest BCUT2D eigenvalue weighted by molar-refractivity contribution is -0.118. The number of hydrogen-bond acceptors (Lipinski definition) is 4. The Hall–Kier alpha value is -1.98. The average Bonchev–Trinajstić information content (AvgIpc) is 2.60. The van der Waals surface area contributed by atoms with Crippen LogP contribution in [0, 0.1) is 0 Å². The maximum absolute atomic E-state index is 10.5. The van der Waals surface area contributed by atoms with E-state index in [1.54, 1.807) is 0 Å². The summed E-state index contributed by atoms with van der Waals surface area (Å²) in [5.41, 5.74) is 0. The number of aromatic carboxylic acids is 1. The predicted octanol–water partition coefficient (Wildman–Crippen LogP) is 0.526. The zero-order chi connectivity index (χ0) is 11.3. The highest BCUT2D eigenvalue weighted by atomic mass is 16.4. The molecular formula is C9H12N2O4. The van der Waals surface area contributed by atoms with Crippen LogP contribution in [0.5, 0.6) is 0 Å². The molecule has 0 aliphatic carbocycles. The first kappa shape index (κ1) is 11.1. The van der Waals surface area contributed by atoms with Crippen molar-refractivity contribution in [3.63, 3.8) is 0 Å². The average molecular weight is 212 g/mol. The minimum Gasteiger partial charge on any atom is -0.475 e. The fourth-order valence-electron chi connectivity index (χ4n) is 0.972. The number of furan rings is 1. The van der Waals surface area contributed by atoms with Gasteiger partial charge in [0.05, 0.1) is 0 Å². The van der Waals surface area contributed by atoms with E-state index >= 15 is 0 Å². The van der Waals surface area contributed by atoms with Gasteiger partial charge in [0, 0.05) is 26.1 Å². The summed E-state index contributed by atoms with van der Waals surface area (Å²) >= 11 is 0. The molecule has 0 aliphatic rings. The monoisotopic (exact) mass is 212 g/mol. The first-order valence-electron chi connectivity index (χ1n) is 4.41. The van der Waals surface area contributed by atoms with Crippen LogP contribution in [0.3, 0.4) is 0 Å². The molecule has 1 amide bonds. The normalized spacial score (nSPS) is 9.67. The molecule has 0 fully saturated rings. The van der Waals surface area contributed by atoms with Crippen LogP contribution in [-0.2, 0) is 4.79 Å². The van der Waals surface area contributed by atoms with Gasteiger partial charge in [-0.2, -0.15) is 0 Å². The van der Waals surface area contributed by atoms with E-state index in [0.717, 1.165) is 0 Å². The number of hydrogen-bond donors (Lipinski definition) is 3. The van der Waals surface area contributed by atoms with E-state index in [9.17, 15) is 9.59 Å². The second kappa shape index (κ2) is 5.04. The summed E-state index contributed by atoms with van der Waals surface area (Å²) in [5, 5.41) is 14.0. The maximum atomic E-state index is 10.5. The van der Waals surface area contributed by atoms with Crippen molar-refractivity contribution in [2.24, 2.45) is 0 Å². The van der Waals surface area contributed by atoms with Gasteiger partial charge in [0.25, 0.3) is 0 Å². The van der Waals surface area contributed by atoms with Gasteiger partial charge in [-0.1, -0.05) is 0 Å². The topological polar surface area (TPSA) is 91.6 Å². The van der Waals surface area contributed by atoms with E-state index in [-0.39, 0.29) is 11.7 Å². The van der Waals surface area contributed by atoms with Crippen molar-refractivity contribution in [1.29, 1.82) is 0 Å². The van der Waals surface area contributed by atoms with Crippen molar-refractivity contribution in [1.82, 2.24) is 5.32 Å². The smallest absolute Gasteiger partial charge is 0.371 e. The Balaban J connectivity index is 2.31. The molecule has 0 aromatic carbocycles. The highest BCUT2D eigenvalue weighted by Gasteiger charge is 2.07. The van der Waals surface area contributed by atoms with Crippen LogP contribution >= 0.6 is 0 Å². The SMILES string of the molecule is CC(=O)NCCNc1ccc(C(=O)O)o1. The van der Waals surface area contributed by atoms with Crippen LogP contribution in [0.25, 0.3) is 0 Å². The third kappa shape index (κ3) is 3.72. The molecule has 1 rings (SSSR count). The van der Waals surface area contributed by atoms with E-state index in [0.29, 0.717) is 19.0 Å². The number of nitrogens with one attached hydrogen (secondary N) is 2. The van der Waals surface area contributed by atoms with Gasteiger partial charge in [0.15, 0.2) is 5.88 Å². The van der Waals surface area contributed by atoms with E-state index in [2.05, 4.69) is 10.6 Å². The van der Waals surface area contributed by atoms with Crippen LogP contribution in [0.15, 0.2) is 16.5 Å². The molecule has 15 heavy (non-hydrogen) atoms. The molecule has 0 bridgehead atoms. The molecule has 0 unspecified atom stereocenters. The molecule has 0 saturated carbocycles. The molecule has 6 nitrogen and oxygen atoms in total. The zero-order valence-electron chi connectivity index (χ0n) is 8.24. The van der Waals surface area contributed by atoms with E-state index < -0.39 is 5.97 Å². The molecule has 3 N–H and O–H groups in total. The molecule has 6 heteroatoms. The van der Waals surface area contributed by atoms with Crippen molar-refractivity contribution in [3.8, 4) is 0 Å². The van der Waals surface area contributed by atoms with Crippen molar-refractivity contribution < 1.29 is 19.1 Å². The van der Waals surface area contributed by atoms with Crippen LogP contribution in [0.4, 0.5) is 5.88 Å². The van der Waals surface area contributed by atoms with Gasteiger partial charge in [-0.3, -0.25) is 4.79 Å². The van der Waals surface area contributed by atoms with E-state index in [1.165, 1.54) is 19.1 Å². The van der Waals surface area contributed by atoms with Crippen molar-refractivity contribution in [2.75, 3.05) is 18.4 Å². The summed E-state index contributed by atoms with van der Waals surface area (Å²) in [6.07, 6.45) is 0. The van der Waals surface area contributed by atoms with E-state index in [4.69, 9.17) is 9.52 Å².